The highest BCUT2D eigenvalue weighted by molar-refractivity contribution is 5.73. The Kier molecular flexibility index (Phi) is 7.39. The van der Waals surface area contributed by atoms with Gasteiger partial charge in [0.05, 0.1) is 0 Å². The van der Waals surface area contributed by atoms with Gasteiger partial charge >= 0.3 is 5.97 Å². The molecule has 0 aromatic carbocycles. The second kappa shape index (κ2) is 8.54. The van der Waals surface area contributed by atoms with Crippen molar-refractivity contribution in [1.82, 2.24) is 10.2 Å². The molecule has 1 aliphatic heterocycles. The van der Waals surface area contributed by atoms with Crippen LogP contribution in [-0.2, 0) is 4.79 Å². The van der Waals surface area contributed by atoms with Crippen LogP contribution in [0.25, 0.3) is 0 Å². The van der Waals surface area contributed by atoms with Gasteiger partial charge in [-0.15, -0.1) is 0 Å². The Bertz CT molecular complexity index is 269. The fraction of sp³-hybridized carbons (Fsp3) is 0.933. The number of hydrogen-bond donors (Lipinski definition) is 2. The van der Waals surface area contributed by atoms with E-state index >= 15 is 0 Å². The zero-order chi connectivity index (χ0) is 14.3. The van der Waals surface area contributed by atoms with Gasteiger partial charge in [0.2, 0.25) is 0 Å². The van der Waals surface area contributed by atoms with E-state index < -0.39 is 12.0 Å². The first-order chi connectivity index (χ1) is 9.02. The summed E-state index contributed by atoms with van der Waals surface area (Å²) in [6.07, 6.45) is 6.32. The molecule has 0 saturated carbocycles. The molecule has 4 nitrogen and oxygen atoms in total. The molecule has 0 aromatic rings. The standard InChI is InChI=1S/C15H30N2O2/c1-4-6-13-7-5-9-17(10-8-13)11-14(15(18)19)16-12(2)3/h12-14,16H,4-11H2,1-3H3,(H,18,19). The maximum atomic E-state index is 11.3. The smallest absolute Gasteiger partial charge is 0.322 e. The number of carboxylic acids is 1. The van der Waals surface area contributed by atoms with E-state index in [4.69, 9.17) is 0 Å². The first-order valence-corrected chi connectivity index (χ1v) is 7.74. The van der Waals surface area contributed by atoms with Crippen LogP contribution in [0.2, 0.25) is 0 Å². The van der Waals surface area contributed by atoms with E-state index in [1.165, 1.54) is 32.1 Å². The molecule has 1 aliphatic rings. The van der Waals surface area contributed by atoms with E-state index in [2.05, 4.69) is 17.1 Å². The molecule has 1 rings (SSSR count). The van der Waals surface area contributed by atoms with E-state index in [9.17, 15) is 9.90 Å². The molecule has 2 unspecified atom stereocenters. The summed E-state index contributed by atoms with van der Waals surface area (Å²) in [5.41, 5.74) is 0. The topological polar surface area (TPSA) is 52.6 Å². The Morgan fingerprint density at radius 2 is 2.11 bits per heavy atom. The van der Waals surface area contributed by atoms with E-state index in [-0.39, 0.29) is 6.04 Å². The third-order valence-electron chi connectivity index (χ3n) is 3.91. The van der Waals surface area contributed by atoms with Gasteiger partial charge in [0.25, 0.3) is 0 Å². The van der Waals surface area contributed by atoms with Gasteiger partial charge in [-0.1, -0.05) is 33.6 Å². The third-order valence-corrected chi connectivity index (χ3v) is 3.91. The van der Waals surface area contributed by atoms with Crippen LogP contribution in [0, 0.1) is 5.92 Å². The van der Waals surface area contributed by atoms with E-state index in [1.54, 1.807) is 0 Å². The average molecular weight is 270 g/mol. The van der Waals surface area contributed by atoms with Gasteiger partial charge in [0, 0.05) is 12.6 Å². The second-order valence-corrected chi connectivity index (χ2v) is 6.10. The third kappa shape index (κ3) is 6.39. The molecule has 0 aromatic heterocycles. The average Bonchev–Trinajstić information content (AvgIpc) is 2.54. The Morgan fingerprint density at radius 1 is 1.37 bits per heavy atom. The fourth-order valence-corrected chi connectivity index (χ4v) is 2.97. The predicted molar refractivity (Wildman–Crippen MR) is 78.4 cm³/mol. The number of carboxylic acid groups (broad SMARTS) is 1. The van der Waals surface area contributed by atoms with Crippen molar-refractivity contribution in [2.45, 2.75) is 65.0 Å². The van der Waals surface area contributed by atoms with Crippen molar-refractivity contribution in [2.24, 2.45) is 5.92 Å². The fourth-order valence-electron chi connectivity index (χ4n) is 2.97. The first-order valence-electron chi connectivity index (χ1n) is 7.74. The second-order valence-electron chi connectivity index (χ2n) is 6.10. The lowest BCUT2D eigenvalue weighted by atomic mass is 9.96. The van der Waals surface area contributed by atoms with Crippen molar-refractivity contribution in [2.75, 3.05) is 19.6 Å². The molecule has 0 radical (unpaired) electrons. The van der Waals surface area contributed by atoms with Crippen LogP contribution < -0.4 is 5.32 Å². The highest BCUT2D eigenvalue weighted by Crippen LogP contribution is 2.21. The molecule has 112 valence electrons. The summed E-state index contributed by atoms with van der Waals surface area (Å²) < 4.78 is 0. The largest absolute Gasteiger partial charge is 0.480 e. The van der Waals surface area contributed by atoms with E-state index in [0.717, 1.165) is 19.0 Å². The first kappa shape index (κ1) is 16.4. The summed E-state index contributed by atoms with van der Waals surface area (Å²) in [7, 11) is 0. The Labute approximate surface area is 117 Å². The van der Waals surface area contributed by atoms with Crippen LogP contribution in [0.5, 0.6) is 0 Å². The van der Waals surface area contributed by atoms with Crippen LogP contribution in [0.1, 0.15) is 52.9 Å². The quantitative estimate of drug-likeness (QED) is 0.745. The molecule has 19 heavy (non-hydrogen) atoms. The number of rotatable bonds is 7. The van der Waals surface area contributed by atoms with Crippen LogP contribution in [0.3, 0.4) is 0 Å². The minimum atomic E-state index is -0.733. The van der Waals surface area contributed by atoms with Crippen molar-refractivity contribution in [3.8, 4) is 0 Å². The lowest BCUT2D eigenvalue weighted by Crippen LogP contribution is -2.48. The molecule has 2 atom stereocenters. The summed E-state index contributed by atoms with van der Waals surface area (Å²) in [6, 6.07) is -0.233. The minimum absolute atomic E-state index is 0.209. The Hall–Kier alpha value is -0.610. The maximum Gasteiger partial charge on any atom is 0.322 e. The van der Waals surface area contributed by atoms with Crippen molar-refractivity contribution >= 4 is 5.97 Å². The molecule has 0 amide bonds. The number of aliphatic carboxylic acids is 1. The highest BCUT2D eigenvalue weighted by atomic mass is 16.4. The molecule has 0 spiro atoms. The van der Waals surface area contributed by atoms with Gasteiger partial charge in [-0.3, -0.25) is 4.79 Å². The SMILES string of the molecule is CCCC1CCCN(CC(NC(C)C)C(=O)O)CC1. The zero-order valence-corrected chi connectivity index (χ0v) is 12.7. The number of nitrogens with zero attached hydrogens (tertiary/aromatic N) is 1. The summed E-state index contributed by atoms with van der Waals surface area (Å²) in [4.78, 5) is 13.6. The maximum absolute atomic E-state index is 11.3. The molecular weight excluding hydrogens is 240 g/mol. The number of nitrogens with one attached hydrogen (secondary N) is 1. The van der Waals surface area contributed by atoms with E-state index in [0.29, 0.717) is 6.54 Å². The summed E-state index contributed by atoms with van der Waals surface area (Å²) in [6.45, 7) is 8.96. The van der Waals surface area contributed by atoms with Gasteiger partial charge in [-0.25, -0.2) is 0 Å². The van der Waals surface area contributed by atoms with Gasteiger partial charge in [0.1, 0.15) is 6.04 Å². The van der Waals surface area contributed by atoms with Crippen molar-refractivity contribution in [3.05, 3.63) is 0 Å². The van der Waals surface area contributed by atoms with E-state index in [1.807, 2.05) is 13.8 Å². The van der Waals surface area contributed by atoms with Gasteiger partial charge in [0.15, 0.2) is 0 Å². The summed E-state index contributed by atoms with van der Waals surface area (Å²) in [5.74, 6) is 0.111. The Morgan fingerprint density at radius 3 is 2.68 bits per heavy atom. The molecule has 2 N–H and O–H groups in total. The van der Waals surface area contributed by atoms with Crippen molar-refractivity contribution in [3.63, 3.8) is 0 Å². The molecule has 1 fully saturated rings. The predicted octanol–water partition coefficient (Wildman–Crippen LogP) is 2.34. The number of carbonyl (C=O) groups is 1. The Balaban J connectivity index is 2.44. The van der Waals surface area contributed by atoms with Gasteiger partial charge in [-0.05, 0) is 38.3 Å². The highest BCUT2D eigenvalue weighted by Gasteiger charge is 2.23. The zero-order valence-electron chi connectivity index (χ0n) is 12.7. The lowest BCUT2D eigenvalue weighted by molar-refractivity contribution is -0.140. The van der Waals surface area contributed by atoms with Crippen molar-refractivity contribution < 1.29 is 9.90 Å². The minimum Gasteiger partial charge on any atom is -0.480 e. The van der Waals surface area contributed by atoms with Crippen LogP contribution in [-0.4, -0.2) is 47.7 Å². The van der Waals surface area contributed by atoms with Crippen LogP contribution in [0.15, 0.2) is 0 Å². The molecule has 4 heteroatoms. The number of hydrogen-bond acceptors (Lipinski definition) is 3. The van der Waals surface area contributed by atoms with Crippen molar-refractivity contribution in [1.29, 1.82) is 0 Å². The lowest BCUT2D eigenvalue weighted by Gasteiger charge is -2.26. The molecular formula is C15H30N2O2. The molecule has 0 bridgehead atoms. The van der Waals surface area contributed by atoms with Gasteiger partial charge in [-0.2, -0.15) is 0 Å². The van der Waals surface area contributed by atoms with Crippen LogP contribution in [0.4, 0.5) is 0 Å². The normalized spacial score (nSPS) is 23.3. The molecule has 1 heterocycles. The van der Waals surface area contributed by atoms with Gasteiger partial charge < -0.3 is 15.3 Å². The summed E-state index contributed by atoms with van der Waals surface area (Å²) >= 11 is 0. The molecule has 1 saturated heterocycles. The molecule has 0 aliphatic carbocycles. The number of likely N-dealkylation sites (tertiary alicyclic amines) is 1. The summed E-state index contributed by atoms with van der Waals surface area (Å²) in [5, 5.41) is 12.4. The van der Waals surface area contributed by atoms with Crippen LogP contribution >= 0.6 is 0 Å². The monoisotopic (exact) mass is 270 g/mol.